The van der Waals surface area contributed by atoms with E-state index in [1.165, 1.54) is 0 Å². The van der Waals surface area contributed by atoms with Gasteiger partial charge in [-0.25, -0.2) is 4.79 Å². The highest BCUT2D eigenvalue weighted by Gasteiger charge is 2.17. The lowest BCUT2D eigenvalue weighted by molar-refractivity contribution is 0.100. The van der Waals surface area contributed by atoms with E-state index in [0.717, 1.165) is 16.5 Å². The molecule has 0 saturated heterocycles. The van der Waals surface area contributed by atoms with Crippen molar-refractivity contribution in [1.29, 1.82) is 0 Å². The monoisotopic (exact) mass is 349 g/mol. The van der Waals surface area contributed by atoms with E-state index in [-0.39, 0.29) is 12.5 Å². The lowest BCUT2D eigenvalue weighted by Crippen LogP contribution is -2.17. The average molecular weight is 349 g/mol. The first-order valence-corrected chi connectivity index (χ1v) is 8.24. The minimum atomic E-state index is -0.814. The highest BCUT2D eigenvalue weighted by atomic mass is 16.7. The van der Waals surface area contributed by atoms with Gasteiger partial charge in [0.25, 0.3) is 5.90 Å². The Balaban J connectivity index is 1.96. The molecule has 0 aliphatic carbocycles. The van der Waals surface area contributed by atoms with Gasteiger partial charge in [-0.05, 0) is 24.6 Å². The van der Waals surface area contributed by atoms with Gasteiger partial charge in [-0.3, -0.25) is 0 Å². The Kier molecular flexibility index (Phi) is 5.43. The number of hydrogen-bond acceptors (Lipinski definition) is 5. The molecule has 0 N–H and O–H groups in total. The van der Waals surface area contributed by atoms with Crippen LogP contribution in [0.2, 0.25) is 0 Å². The molecule has 1 heterocycles. The van der Waals surface area contributed by atoms with Crippen molar-refractivity contribution in [2.24, 2.45) is 17.3 Å². The molecule has 132 valence electrons. The SMILES string of the molecule is CCOC(=O)O/C(=N\N=C\c1ccccc1)c1cc2ccccc2n1C. The number of para-hydroxylation sites is 1. The maximum atomic E-state index is 11.8. The van der Waals surface area contributed by atoms with E-state index in [9.17, 15) is 4.79 Å². The lowest BCUT2D eigenvalue weighted by atomic mass is 10.2. The number of carbonyl (C=O) groups is 1. The second kappa shape index (κ2) is 8.11. The van der Waals surface area contributed by atoms with Crippen molar-refractivity contribution in [2.75, 3.05) is 6.61 Å². The Labute approximate surface area is 151 Å². The van der Waals surface area contributed by atoms with E-state index in [1.807, 2.05) is 72.3 Å². The van der Waals surface area contributed by atoms with Crippen LogP contribution in [-0.2, 0) is 16.5 Å². The Bertz CT molecular complexity index is 959. The quantitative estimate of drug-likeness (QED) is 0.308. The summed E-state index contributed by atoms with van der Waals surface area (Å²) in [4.78, 5) is 11.8. The first-order valence-electron chi connectivity index (χ1n) is 8.24. The molecule has 0 amide bonds. The molecule has 26 heavy (non-hydrogen) atoms. The molecule has 0 aliphatic rings. The lowest BCUT2D eigenvalue weighted by Gasteiger charge is -2.07. The number of carbonyl (C=O) groups excluding carboxylic acids is 1. The summed E-state index contributed by atoms with van der Waals surface area (Å²) >= 11 is 0. The summed E-state index contributed by atoms with van der Waals surface area (Å²) < 4.78 is 12.0. The van der Waals surface area contributed by atoms with Gasteiger partial charge in [-0.15, -0.1) is 5.10 Å². The van der Waals surface area contributed by atoms with Gasteiger partial charge in [-0.2, -0.15) is 5.10 Å². The van der Waals surface area contributed by atoms with Crippen LogP contribution >= 0.6 is 0 Å². The third-order valence-electron chi connectivity index (χ3n) is 3.77. The molecule has 0 atom stereocenters. The van der Waals surface area contributed by atoms with Crippen LogP contribution in [0, 0.1) is 0 Å². The van der Waals surface area contributed by atoms with Crippen LogP contribution < -0.4 is 0 Å². The summed E-state index contributed by atoms with van der Waals surface area (Å²) in [5.74, 6) is 0.0781. The highest BCUT2D eigenvalue weighted by molar-refractivity contribution is 6.02. The highest BCUT2D eigenvalue weighted by Crippen LogP contribution is 2.19. The third kappa shape index (κ3) is 3.97. The van der Waals surface area contributed by atoms with Gasteiger partial charge in [0, 0.05) is 18.0 Å². The summed E-state index contributed by atoms with van der Waals surface area (Å²) in [7, 11) is 1.88. The van der Waals surface area contributed by atoms with Gasteiger partial charge < -0.3 is 14.0 Å². The summed E-state index contributed by atoms with van der Waals surface area (Å²) in [6.45, 7) is 1.93. The summed E-state index contributed by atoms with van der Waals surface area (Å²) in [5.41, 5.74) is 2.52. The predicted octanol–water partition coefficient (Wildman–Crippen LogP) is 4.13. The molecule has 0 bridgehead atoms. The first kappa shape index (κ1) is 17.4. The molecule has 1 aromatic heterocycles. The van der Waals surface area contributed by atoms with Gasteiger partial charge in [0.15, 0.2) is 0 Å². The van der Waals surface area contributed by atoms with Crippen molar-refractivity contribution in [1.82, 2.24) is 4.57 Å². The van der Waals surface area contributed by atoms with E-state index in [0.29, 0.717) is 5.69 Å². The number of fused-ring (bicyclic) bond motifs is 1. The Morgan fingerprint density at radius 3 is 2.58 bits per heavy atom. The van der Waals surface area contributed by atoms with Crippen LogP contribution in [-0.4, -0.2) is 29.4 Å². The summed E-state index contributed by atoms with van der Waals surface area (Å²) in [6.07, 6.45) is 0.781. The fourth-order valence-corrected chi connectivity index (χ4v) is 2.53. The minimum absolute atomic E-state index is 0.0781. The molecule has 6 heteroatoms. The molecule has 0 radical (unpaired) electrons. The van der Waals surface area contributed by atoms with Crippen molar-refractivity contribution < 1.29 is 14.3 Å². The summed E-state index contributed by atoms with van der Waals surface area (Å²) in [5, 5.41) is 9.18. The Hall–Kier alpha value is -3.41. The van der Waals surface area contributed by atoms with Crippen LogP contribution in [0.15, 0.2) is 70.9 Å². The molecule has 0 unspecified atom stereocenters. The van der Waals surface area contributed by atoms with Gasteiger partial charge >= 0.3 is 6.16 Å². The second-order valence-electron chi connectivity index (χ2n) is 5.49. The van der Waals surface area contributed by atoms with Crippen LogP contribution in [0.4, 0.5) is 4.79 Å². The second-order valence-corrected chi connectivity index (χ2v) is 5.49. The minimum Gasteiger partial charge on any atom is -0.434 e. The summed E-state index contributed by atoms with van der Waals surface area (Å²) in [6, 6.07) is 19.3. The van der Waals surface area contributed by atoms with Crippen LogP contribution in [0.25, 0.3) is 10.9 Å². The van der Waals surface area contributed by atoms with Gasteiger partial charge in [0.05, 0.1) is 12.8 Å². The molecule has 0 fully saturated rings. The van der Waals surface area contributed by atoms with Crippen molar-refractivity contribution in [3.63, 3.8) is 0 Å². The molecular weight excluding hydrogens is 330 g/mol. The number of benzene rings is 2. The van der Waals surface area contributed by atoms with E-state index in [1.54, 1.807) is 13.1 Å². The van der Waals surface area contributed by atoms with E-state index >= 15 is 0 Å². The zero-order valence-corrected chi connectivity index (χ0v) is 14.6. The smallest absolute Gasteiger partial charge is 0.434 e. The number of rotatable bonds is 4. The van der Waals surface area contributed by atoms with Crippen molar-refractivity contribution in [3.05, 3.63) is 71.9 Å². The fourth-order valence-electron chi connectivity index (χ4n) is 2.53. The number of ether oxygens (including phenoxy) is 2. The molecule has 2 aromatic carbocycles. The third-order valence-corrected chi connectivity index (χ3v) is 3.77. The zero-order chi connectivity index (χ0) is 18.4. The van der Waals surface area contributed by atoms with E-state index < -0.39 is 6.16 Å². The van der Waals surface area contributed by atoms with Gasteiger partial charge in [0.1, 0.15) is 5.69 Å². The molecule has 3 rings (SSSR count). The first-order chi connectivity index (χ1) is 12.7. The normalized spacial score (nSPS) is 11.8. The van der Waals surface area contributed by atoms with E-state index in [4.69, 9.17) is 9.47 Å². The van der Waals surface area contributed by atoms with Crippen LogP contribution in [0.1, 0.15) is 18.2 Å². The number of hydrogen-bond donors (Lipinski definition) is 0. The zero-order valence-electron chi connectivity index (χ0n) is 14.6. The molecule has 0 spiro atoms. The topological polar surface area (TPSA) is 65.2 Å². The number of aryl methyl sites for hydroxylation is 1. The van der Waals surface area contributed by atoms with Crippen LogP contribution in [0.5, 0.6) is 0 Å². The van der Waals surface area contributed by atoms with Crippen molar-refractivity contribution in [2.45, 2.75) is 6.92 Å². The maximum absolute atomic E-state index is 11.8. The Morgan fingerprint density at radius 1 is 1.12 bits per heavy atom. The van der Waals surface area contributed by atoms with Gasteiger partial charge in [-0.1, -0.05) is 48.5 Å². The standard InChI is InChI=1S/C20H19N3O3/c1-3-25-20(24)26-19(22-21-14-15-9-5-4-6-10-15)18-13-16-11-7-8-12-17(16)23(18)2/h4-14H,3H2,1-2H3/b21-14+,22-19-. The predicted molar refractivity (Wildman–Crippen MR) is 102 cm³/mol. The molecule has 6 nitrogen and oxygen atoms in total. The van der Waals surface area contributed by atoms with Crippen LogP contribution in [0.3, 0.4) is 0 Å². The van der Waals surface area contributed by atoms with E-state index in [2.05, 4.69) is 10.2 Å². The molecular formula is C20H19N3O3. The Morgan fingerprint density at radius 2 is 1.85 bits per heavy atom. The average Bonchev–Trinajstić information content (AvgIpc) is 2.99. The van der Waals surface area contributed by atoms with Gasteiger partial charge in [0.2, 0.25) is 0 Å². The van der Waals surface area contributed by atoms with Crippen molar-refractivity contribution >= 4 is 29.2 Å². The fraction of sp³-hybridized carbons (Fsp3) is 0.150. The molecule has 0 aliphatic heterocycles. The molecule has 0 saturated carbocycles. The maximum Gasteiger partial charge on any atom is 0.515 e. The number of nitrogens with zero attached hydrogens (tertiary/aromatic N) is 3. The van der Waals surface area contributed by atoms with Crippen molar-refractivity contribution in [3.8, 4) is 0 Å². The molecule has 3 aromatic rings. The largest absolute Gasteiger partial charge is 0.515 e. The number of aromatic nitrogens is 1.